The minimum atomic E-state index is -0.374. The Kier molecular flexibility index (Phi) is 6.01. The first-order valence-corrected chi connectivity index (χ1v) is 9.43. The molecule has 0 unspecified atom stereocenters. The van der Waals surface area contributed by atoms with Gasteiger partial charge in [0, 0.05) is 30.6 Å². The number of carbonyl (C=O) groups is 3. The first-order chi connectivity index (χ1) is 12.6. The van der Waals surface area contributed by atoms with E-state index in [1.807, 2.05) is 11.4 Å². The Morgan fingerprint density at radius 3 is 2.73 bits per heavy atom. The van der Waals surface area contributed by atoms with Crippen LogP contribution in [0, 0.1) is 5.92 Å². The zero-order valence-electron chi connectivity index (χ0n) is 14.2. The van der Waals surface area contributed by atoms with Crippen molar-refractivity contribution in [2.24, 2.45) is 5.92 Å². The maximum absolute atomic E-state index is 11.9. The molecule has 0 aliphatic heterocycles. The summed E-state index contributed by atoms with van der Waals surface area (Å²) in [5.41, 5.74) is 0.621. The molecular formula is C19H20N2O4S. The normalized spacial score (nSPS) is 13.1. The Bertz CT molecular complexity index is 785. The van der Waals surface area contributed by atoms with Crippen LogP contribution >= 0.6 is 11.3 Å². The highest BCUT2D eigenvalue weighted by Gasteiger charge is 2.29. The van der Waals surface area contributed by atoms with E-state index < -0.39 is 0 Å². The van der Waals surface area contributed by atoms with Gasteiger partial charge in [0.1, 0.15) is 5.75 Å². The second-order valence-electron chi connectivity index (χ2n) is 6.10. The zero-order chi connectivity index (χ0) is 18.4. The summed E-state index contributed by atoms with van der Waals surface area (Å²) >= 11 is 1.37. The molecule has 1 aromatic carbocycles. The maximum atomic E-state index is 11.9. The second-order valence-corrected chi connectivity index (χ2v) is 7.05. The molecule has 3 rings (SSSR count). The number of esters is 1. The zero-order valence-corrected chi connectivity index (χ0v) is 15.0. The summed E-state index contributed by atoms with van der Waals surface area (Å²) in [7, 11) is 0. The molecule has 0 spiro atoms. The summed E-state index contributed by atoms with van der Waals surface area (Å²) in [5, 5.41) is 7.43. The molecule has 2 amide bonds. The van der Waals surface area contributed by atoms with Crippen molar-refractivity contribution in [2.75, 3.05) is 11.9 Å². The lowest BCUT2D eigenvalue weighted by Crippen LogP contribution is -2.24. The third-order valence-electron chi connectivity index (χ3n) is 3.87. The van der Waals surface area contributed by atoms with E-state index in [2.05, 4.69) is 10.6 Å². The van der Waals surface area contributed by atoms with Crippen LogP contribution in [-0.2, 0) is 9.59 Å². The van der Waals surface area contributed by atoms with Crippen molar-refractivity contribution >= 4 is 34.8 Å². The first kappa shape index (κ1) is 18.1. The van der Waals surface area contributed by atoms with Gasteiger partial charge in [0.2, 0.25) is 5.91 Å². The van der Waals surface area contributed by atoms with Crippen LogP contribution in [-0.4, -0.2) is 24.3 Å². The van der Waals surface area contributed by atoms with Crippen molar-refractivity contribution in [1.82, 2.24) is 5.32 Å². The van der Waals surface area contributed by atoms with Crippen molar-refractivity contribution in [3.05, 3.63) is 46.7 Å². The highest BCUT2D eigenvalue weighted by atomic mass is 32.1. The number of hydrogen-bond donors (Lipinski definition) is 2. The van der Waals surface area contributed by atoms with Crippen LogP contribution in [0.1, 0.15) is 35.4 Å². The predicted octanol–water partition coefficient (Wildman–Crippen LogP) is 3.21. The Hall–Kier alpha value is -2.67. The van der Waals surface area contributed by atoms with E-state index >= 15 is 0 Å². The summed E-state index contributed by atoms with van der Waals surface area (Å²) in [6, 6.07) is 10.4. The highest BCUT2D eigenvalue weighted by Crippen LogP contribution is 2.30. The highest BCUT2D eigenvalue weighted by molar-refractivity contribution is 7.12. The largest absolute Gasteiger partial charge is 0.426 e. The number of amides is 2. The van der Waals surface area contributed by atoms with E-state index in [1.165, 1.54) is 11.3 Å². The number of rotatable bonds is 8. The van der Waals surface area contributed by atoms with Gasteiger partial charge in [0.25, 0.3) is 5.91 Å². The van der Waals surface area contributed by atoms with Gasteiger partial charge in [-0.05, 0) is 42.8 Å². The number of benzene rings is 1. The van der Waals surface area contributed by atoms with Crippen LogP contribution < -0.4 is 15.4 Å². The minimum Gasteiger partial charge on any atom is -0.426 e. The van der Waals surface area contributed by atoms with Gasteiger partial charge in [-0.1, -0.05) is 12.1 Å². The van der Waals surface area contributed by atoms with Crippen molar-refractivity contribution in [1.29, 1.82) is 0 Å². The smallest absolute Gasteiger partial charge is 0.311 e. The van der Waals surface area contributed by atoms with Gasteiger partial charge in [0.05, 0.1) is 4.88 Å². The summed E-state index contributed by atoms with van der Waals surface area (Å²) in [4.78, 5) is 36.1. The quantitative estimate of drug-likeness (QED) is 0.423. The van der Waals surface area contributed by atoms with E-state index in [9.17, 15) is 14.4 Å². The Morgan fingerprint density at radius 1 is 1.15 bits per heavy atom. The molecule has 26 heavy (non-hydrogen) atoms. The molecule has 0 bridgehead atoms. The topological polar surface area (TPSA) is 84.5 Å². The van der Waals surface area contributed by atoms with E-state index in [0.29, 0.717) is 29.3 Å². The molecule has 0 radical (unpaired) electrons. The summed E-state index contributed by atoms with van der Waals surface area (Å²) < 4.78 is 5.29. The van der Waals surface area contributed by atoms with Crippen LogP contribution in [0.4, 0.5) is 5.69 Å². The van der Waals surface area contributed by atoms with Gasteiger partial charge in [-0.2, -0.15) is 0 Å². The molecule has 1 heterocycles. The average molecular weight is 372 g/mol. The van der Waals surface area contributed by atoms with Crippen LogP contribution in [0.5, 0.6) is 5.75 Å². The number of ether oxygens (including phenoxy) is 1. The molecule has 2 N–H and O–H groups in total. The van der Waals surface area contributed by atoms with E-state index in [0.717, 1.165) is 12.8 Å². The fourth-order valence-electron chi connectivity index (χ4n) is 2.34. The van der Waals surface area contributed by atoms with Crippen LogP contribution in [0.15, 0.2) is 41.8 Å². The fourth-order valence-corrected chi connectivity index (χ4v) is 2.98. The molecule has 2 aromatic rings. The number of nitrogens with one attached hydrogen (secondary N) is 2. The third kappa shape index (κ3) is 5.42. The first-order valence-electron chi connectivity index (χ1n) is 8.55. The van der Waals surface area contributed by atoms with Crippen molar-refractivity contribution in [2.45, 2.75) is 25.7 Å². The number of hydrogen-bond acceptors (Lipinski definition) is 5. The van der Waals surface area contributed by atoms with E-state index in [-0.39, 0.29) is 30.1 Å². The molecule has 0 atom stereocenters. The van der Waals surface area contributed by atoms with Gasteiger partial charge in [-0.15, -0.1) is 11.3 Å². The molecule has 1 fully saturated rings. The van der Waals surface area contributed by atoms with Gasteiger partial charge >= 0.3 is 5.97 Å². The summed E-state index contributed by atoms with van der Waals surface area (Å²) in [6.07, 6.45) is 2.56. The second kappa shape index (κ2) is 8.62. The van der Waals surface area contributed by atoms with Gasteiger partial charge in [-0.3, -0.25) is 14.4 Å². The standard InChI is InChI=1S/C19H20N2O4S/c22-17(7-2-10-20-19(24)16-6-3-11-26-16)25-15-5-1-4-14(12-15)21-18(23)13-8-9-13/h1,3-6,11-13H,2,7-10H2,(H,20,24)(H,21,23). The van der Waals surface area contributed by atoms with Crippen molar-refractivity contribution < 1.29 is 19.1 Å². The maximum Gasteiger partial charge on any atom is 0.311 e. The Balaban J connectivity index is 1.39. The summed E-state index contributed by atoms with van der Waals surface area (Å²) in [6.45, 7) is 0.406. The number of thiophene rings is 1. The van der Waals surface area contributed by atoms with Gasteiger partial charge < -0.3 is 15.4 Å². The SMILES string of the molecule is O=C(CCCNC(=O)c1cccs1)Oc1cccc(NC(=O)C2CC2)c1. The molecule has 1 saturated carbocycles. The summed E-state index contributed by atoms with van der Waals surface area (Å²) in [5.74, 6) is 0.0142. The van der Waals surface area contributed by atoms with Crippen LogP contribution in [0.2, 0.25) is 0 Å². The van der Waals surface area contributed by atoms with Crippen molar-refractivity contribution in [3.8, 4) is 5.75 Å². The molecule has 6 nitrogen and oxygen atoms in total. The lowest BCUT2D eigenvalue weighted by atomic mass is 10.2. The molecule has 1 aromatic heterocycles. The number of carbonyl (C=O) groups excluding carboxylic acids is 3. The molecule has 136 valence electrons. The fraction of sp³-hybridized carbons (Fsp3) is 0.316. The molecule has 7 heteroatoms. The third-order valence-corrected chi connectivity index (χ3v) is 4.74. The molecule has 1 aliphatic rings. The Morgan fingerprint density at radius 2 is 2.00 bits per heavy atom. The van der Waals surface area contributed by atoms with Gasteiger partial charge in [-0.25, -0.2) is 0 Å². The van der Waals surface area contributed by atoms with Crippen LogP contribution in [0.25, 0.3) is 0 Å². The lowest BCUT2D eigenvalue weighted by molar-refractivity contribution is -0.134. The molecule has 0 saturated heterocycles. The van der Waals surface area contributed by atoms with E-state index in [1.54, 1.807) is 30.3 Å². The number of anilines is 1. The predicted molar refractivity (Wildman–Crippen MR) is 99.3 cm³/mol. The van der Waals surface area contributed by atoms with E-state index in [4.69, 9.17) is 4.74 Å². The minimum absolute atomic E-state index is 0.00922. The molecule has 1 aliphatic carbocycles. The van der Waals surface area contributed by atoms with Crippen LogP contribution in [0.3, 0.4) is 0 Å². The average Bonchev–Trinajstić information content (AvgIpc) is 3.33. The monoisotopic (exact) mass is 372 g/mol. The Labute approximate surface area is 155 Å². The molecular weight excluding hydrogens is 352 g/mol. The van der Waals surface area contributed by atoms with Gasteiger partial charge in [0.15, 0.2) is 0 Å². The van der Waals surface area contributed by atoms with Crippen molar-refractivity contribution in [3.63, 3.8) is 0 Å². The lowest BCUT2D eigenvalue weighted by Gasteiger charge is -2.08.